The van der Waals surface area contributed by atoms with E-state index in [1.165, 1.54) is 12.1 Å². The summed E-state index contributed by atoms with van der Waals surface area (Å²) < 4.78 is 22.9. The number of nitrogens with two attached hydrogens (primary N) is 1. The van der Waals surface area contributed by atoms with E-state index in [-0.39, 0.29) is 16.8 Å². The van der Waals surface area contributed by atoms with Gasteiger partial charge in [-0.05, 0) is 55.9 Å². The monoisotopic (exact) mass is 296 g/mol. The van der Waals surface area contributed by atoms with Gasteiger partial charge in [0.1, 0.15) is 0 Å². The third-order valence-electron chi connectivity index (χ3n) is 3.92. The summed E-state index contributed by atoms with van der Waals surface area (Å²) in [4.78, 5) is 12.2. The number of amides is 1. The predicted octanol–water partition coefficient (Wildman–Crippen LogP) is 1.48. The first-order valence-corrected chi connectivity index (χ1v) is 8.18. The van der Waals surface area contributed by atoms with Crippen LogP contribution >= 0.6 is 0 Å². The van der Waals surface area contributed by atoms with Crippen LogP contribution in [-0.4, -0.2) is 20.4 Å². The van der Waals surface area contributed by atoms with Gasteiger partial charge in [-0.2, -0.15) is 0 Å². The Morgan fingerprint density at radius 1 is 1.30 bits per heavy atom. The number of nitrogens with one attached hydrogen (secondary N) is 1. The summed E-state index contributed by atoms with van der Waals surface area (Å²) in [7, 11) is -3.81. The van der Waals surface area contributed by atoms with Crippen LogP contribution in [0.5, 0.6) is 0 Å². The van der Waals surface area contributed by atoms with E-state index in [0.29, 0.717) is 11.5 Å². The van der Waals surface area contributed by atoms with Gasteiger partial charge in [0.15, 0.2) is 0 Å². The van der Waals surface area contributed by atoms with Gasteiger partial charge in [0, 0.05) is 11.6 Å². The van der Waals surface area contributed by atoms with Crippen molar-refractivity contribution in [2.24, 2.45) is 11.1 Å². The van der Waals surface area contributed by atoms with E-state index in [9.17, 15) is 13.2 Å². The zero-order valence-electron chi connectivity index (χ0n) is 11.9. The van der Waals surface area contributed by atoms with Gasteiger partial charge in [0.05, 0.1) is 4.90 Å². The number of aryl methyl sites for hydroxylation is 1. The summed E-state index contributed by atoms with van der Waals surface area (Å²) in [5.41, 5.74) is 1.90. The summed E-state index contributed by atoms with van der Waals surface area (Å²) in [6.07, 6.45) is 1.94. The molecule has 1 aromatic rings. The van der Waals surface area contributed by atoms with Crippen LogP contribution in [0.4, 0.5) is 0 Å². The van der Waals surface area contributed by atoms with Crippen molar-refractivity contribution in [1.29, 1.82) is 0 Å². The molecular weight excluding hydrogens is 276 g/mol. The van der Waals surface area contributed by atoms with Gasteiger partial charge in [-0.3, -0.25) is 4.79 Å². The average molecular weight is 296 g/mol. The normalized spacial score (nSPS) is 22.2. The van der Waals surface area contributed by atoms with Crippen molar-refractivity contribution in [2.75, 3.05) is 0 Å². The molecule has 3 N–H and O–H groups in total. The molecule has 0 spiro atoms. The van der Waals surface area contributed by atoms with Crippen molar-refractivity contribution in [2.45, 2.75) is 44.6 Å². The summed E-state index contributed by atoms with van der Waals surface area (Å²) in [6.45, 7) is 5.71. The Morgan fingerprint density at radius 3 is 2.40 bits per heavy atom. The average Bonchev–Trinajstić information content (AvgIpc) is 2.28. The van der Waals surface area contributed by atoms with E-state index >= 15 is 0 Å². The summed E-state index contributed by atoms with van der Waals surface area (Å²) in [5.74, 6) is 0.409. The lowest BCUT2D eigenvalue weighted by atomic mass is 9.82. The van der Waals surface area contributed by atoms with Crippen molar-refractivity contribution >= 4 is 15.9 Å². The molecule has 6 heteroatoms. The van der Waals surface area contributed by atoms with E-state index < -0.39 is 10.0 Å². The van der Waals surface area contributed by atoms with Crippen molar-refractivity contribution < 1.29 is 13.2 Å². The molecule has 1 saturated carbocycles. The predicted molar refractivity (Wildman–Crippen MR) is 76.9 cm³/mol. The highest BCUT2D eigenvalue weighted by molar-refractivity contribution is 7.89. The molecule has 0 aliphatic heterocycles. The van der Waals surface area contributed by atoms with Gasteiger partial charge < -0.3 is 5.32 Å². The number of sulfonamides is 1. The lowest BCUT2D eigenvalue weighted by molar-refractivity contribution is 0.0895. The van der Waals surface area contributed by atoms with Crippen LogP contribution in [0.15, 0.2) is 17.0 Å². The third kappa shape index (κ3) is 3.02. The van der Waals surface area contributed by atoms with Crippen LogP contribution in [0.3, 0.4) is 0 Å². The van der Waals surface area contributed by atoms with Crippen LogP contribution in [0.25, 0.3) is 0 Å². The van der Waals surface area contributed by atoms with Crippen molar-refractivity contribution in [1.82, 2.24) is 5.32 Å². The number of hydrogen-bond acceptors (Lipinski definition) is 3. The summed E-state index contributed by atoms with van der Waals surface area (Å²) in [6, 6.07) is 3.04. The Balaban J connectivity index is 2.30. The van der Waals surface area contributed by atoms with Crippen LogP contribution in [0.1, 0.15) is 41.3 Å². The molecule has 1 aliphatic rings. The Kier molecular flexibility index (Phi) is 3.88. The highest BCUT2D eigenvalue weighted by Gasteiger charge is 2.27. The first-order chi connectivity index (χ1) is 9.18. The van der Waals surface area contributed by atoms with Crippen LogP contribution in [0, 0.1) is 19.8 Å². The molecule has 1 aromatic carbocycles. The molecule has 1 amide bonds. The molecule has 1 fully saturated rings. The number of carbonyl (C=O) groups excluding carboxylic acids is 1. The maximum atomic E-state index is 12.3. The molecule has 110 valence electrons. The Labute approximate surface area is 119 Å². The number of hydrogen-bond donors (Lipinski definition) is 2. The second kappa shape index (κ2) is 5.18. The van der Waals surface area contributed by atoms with Crippen LogP contribution in [0.2, 0.25) is 0 Å². The first kappa shape index (κ1) is 15.0. The van der Waals surface area contributed by atoms with Gasteiger partial charge in [0.25, 0.3) is 5.91 Å². The second-order valence-corrected chi connectivity index (χ2v) is 7.27. The molecule has 0 unspecified atom stereocenters. The van der Waals surface area contributed by atoms with E-state index in [2.05, 4.69) is 12.2 Å². The zero-order chi connectivity index (χ0) is 15.1. The van der Waals surface area contributed by atoms with E-state index in [4.69, 9.17) is 5.14 Å². The van der Waals surface area contributed by atoms with Gasteiger partial charge in [-0.15, -0.1) is 0 Å². The highest BCUT2D eigenvalue weighted by Crippen LogP contribution is 2.27. The van der Waals surface area contributed by atoms with Crippen LogP contribution in [-0.2, 0) is 10.0 Å². The Morgan fingerprint density at radius 2 is 1.90 bits per heavy atom. The molecule has 0 atom stereocenters. The minimum Gasteiger partial charge on any atom is -0.349 e. The molecule has 0 aromatic heterocycles. The minimum absolute atomic E-state index is 0.0206. The fraction of sp³-hybridized carbons (Fsp3) is 0.500. The maximum absolute atomic E-state index is 12.3. The fourth-order valence-corrected chi connectivity index (χ4v) is 3.13. The van der Waals surface area contributed by atoms with Gasteiger partial charge in [-0.25, -0.2) is 13.6 Å². The van der Waals surface area contributed by atoms with E-state index in [0.717, 1.165) is 24.0 Å². The number of primary sulfonamides is 1. The quantitative estimate of drug-likeness (QED) is 0.885. The van der Waals surface area contributed by atoms with Crippen molar-refractivity contribution in [3.05, 3.63) is 28.8 Å². The number of carbonyl (C=O) groups is 1. The highest BCUT2D eigenvalue weighted by atomic mass is 32.2. The molecule has 20 heavy (non-hydrogen) atoms. The molecule has 1 aliphatic carbocycles. The van der Waals surface area contributed by atoms with Crippen molar-refractivity contribution in [3.8, 4) is 0 Å². The lowest BCUT2D eigenvalue weighted by Crippen LogP contribution is -2.43. The van der Waals surface area contributed by atoms with Gasteiger partial charge >= 0.3 is 0 Å². The summed E-state index contributed by atoms with van der Waals surface area (Å²) >= 11 is 0. The Bertz CT molecular complexity index is 647. The molecule has 0 saturated heterocycles. The molecular formula is C14H20N2O3S. The van der Waals surface area contributed by atoms with Gasteiger partial charge in [-0.1, -0.05) is 6.92 Å². The largest absolute Gasteiger partial charge is 0.349 e. The summed E-state index contributed by atoms with van der Waals surface area (Å²) in [5, 5.41) is 8.08. The number of benzene rings is 1. The Hall–Kier alpha value is -1.40. The molecule has 5 nitrogen and oxygen atoms in total. The van der Waals surface area contributed by atoms with Crippen LogP contribution < -0.4 is 10.5 Å². The van der Waals surface area contributed by atoms with Gasteiger partial charge in [0.2, 0.25) is 10.0 Å². The molecule has 0 radical (unpaired) electrons. The molecule has 0 bridgehead atoms. The van der Waals surface area contributed by atoms with E-state index in [1.54, 1.807) is 13.8 Å². The smallest absolute Gasteiger partial charge is 0.251 e. The topological polar surface area (TPSA) is 89.3 Å². The second-order valence-electron chi connectivity index (χ2n) is 5.70. The minimum atomic E-state index is -3.81. The molecule has 0 heterocycles. The SMILES string of the molecule is Cc1cc(S(N)(=O)=O)cc(C(=O)NC2CC(C)C2)c1C. The van der Waals surface area contributed by atoms with E-state index in [1.807, 2.05) is 0 Å². The third-order valence-corrected chi connectivity index (χ3v) is 4.82. The standard InChI is InChI=1S/C14H20N2O3S/c1-8-4-11(5-8)16-14(17)13-7-12(20(15,18)19)6-9(2)10(13)3/h6-8,11H,4-5H2,1-3H3,(H,16,17)(H2,15,18,19). The number of rotatable bonds is 3. The fourth-order valence-electron chi connectivity index (χ4n) is 2.51. The first-order valence-electron chi connectivity index (χ1n) is 6.63. The zero-order valence-corrected chi connectivity index (χ0v) is 12.8. The molecule has 2 rings (SSSR count). The lowest BCUT2D eigenvalue weighted by Gasteiger charge is -2.33. The maximum Gasteiger partial charge on any atom is 0.251 e. The van der Waals surface area contributed by atoms with Crippen molar-refractivity contribution in [3.63, 3.8) is 0 Å².